The zero-order chi connectivity index (χ0) is 13.0. The van der Waals surface area contributed by atoms with Crippen molar-refractivity contribution >= 4 is 23.4 Å². The first-order valence-corrected chi connectivity index (χ1v) is 7.03. The van der Waals surface area contributed by atoms with E-state index in [4.69, 9.17) is 11.6 Å². The van der Waals surface area contributed by atoms with Crippen LogP contribution in [0.5, 0.6) is 0 Å². The van der Waals surface area contributed by atoms with Crippen molar-refractivity contribution in [2.75, 3.05) is 5.75 Å². The molecule has 0 unspecified atom stereocenters. The van der Waals surface area contributed by atoms with Gasteiger partial charge in [-0.05, 0) is 6.92 Å². The van der Waals surface area contributed by atoms with Crippen LogP contribution in [0.4, 0.5) is 0 Å². The second-order valence-electron chi connectivity index (χ2n) is 3.72. The first-order chi connectivity index (χ1) is 8.72. The van der Waals surface area contributed by atoms with Gasteiger partial charge in [-0.2, -0.15) is 0 Å². The molecule has 0 fully saturated rings. The van der Waals surface area contributed by atoms with Gasteiger partial charge in [-0.25, -0.2) is 0 Å². The predicted octanol–water partition coefficient (Wildman–Crippen LogP) is 3.81. The third kappa shape index (κ3) is 2.94. The average Bonchev–Trinajstić information content (AvgIpc) is 2.80. The van der Waals surface area contributed by atoms with Crippen LogP contribution < -0.4 is 0 Å². The van der Waals surface area contributed by atoms with Crippen molar-refractivity contribution in [3.8, 4) is 11.4 Å². The highest BCUT2D eigenvalue weighted by molar-refractivity contribution is 7.99. The van der Waals surface area contributed by atoms with Crippen molar-refractivity contribution in [2.45, 2.75) is 18.6 Å². The van der Waals surface area contributed by atoms with Crippen LogP contribution in [-0.2, 0) is 6.54 Å². The van der Waals surface area contributed by atoms with Gasteiger partial charge in [0.1, 0.15) is 0 Å². The summed E-state index contributed by atoms with van der Waals surface area (Å²) in [5.41, 5.74) is 1.07. The Labute approximate surface area is 116 Å². The molecule has 0 bridgehead atoms. The maximum absolute atomic E-state index is 5.77. The molecule has 1 aromatic heterocycles. The SMILES string of the molecule is C=C(Cl)CSc1nnc(-c2ccccc2)n1CC. The normalized spacial score (nSPS) is 10.6. The number of nitrogens with zero attached hydrogens (tertiary/aromatic N) is 3. The molecule has 0 N–H and O–H groups in total. The summed E-state index contributed by atoms with van der Waals surface area (Å²) >= 11 is 7.33. The van der Waals surface area contributed by atoms with Gasteiger partial charge in [-0.15, -0.1) is 10.2 Å². The lowest BCUT2D eigenvalue weighted by atomic mass is 10.2. The van der Waals surface area contributed by atoms with Crippen LogP contribution in [0.1, 0.15) is 6.92 Å². The monoisotopic (exact) mass is 279 g/mol. The summed E-state index contributed by atoms with van der Waals surface area (Å²) in [5, 5.41) is 9.96. The van der Waals surface area contributed by atoms with Gasteiger partial charge in [0.05, 0.1) is 0 Å². The van der Waals surface area contributed by atoms with Crippen LogP contribution in [0, 0.1) is 0 Å². The van der Waals surface area contributed by atoms with E-state index in [9.17, 15) is 0 Å². The maximum Gasteiger partial charge on any atom is 0.191 e. The average molecular weight is 280 g/mol. The quantitative estimate of drug-likeness (QED) is 0.780. The van der Waals surface area contributed by atoms with Crippen molar-refractivity contribution < 1.29 is 0 Å². The van der Waals surface area contributed by atoms with Crippen LogP contribution in [0.3, 0.4) is 0 Å². The van der Waals surface area contributed by atoms with Crippen LogP contribution in [-0.4, -0.2) is 20.5 Å². The van der Waals surface area contributed by atoms with E-state index in [1.807, 2.05) is 30.3 Å². The largest absolute Gasteiger partial charge is 0.302 e. The molecule has 1 heterocycles. The van der Waals surface area contributed by atoms with Crippen LogP contribution in [0.25, 0.3) is 11.4 Å². The van der Waals surface area contributed by atoms with Gasteiger partial charge in [-0.3, -0.25) is 0 Å². The molecule has 3 nitrogen and oxygen atoms in total. The van der Waals surface area contributed by atoms with E-state index in [-0.39, 0.29) is 0 Å². The smallest absolute Gasteiger partial charge is 0.191 e. The molecule has 1 aromatic carbocycles. The summed E-state index contributed by atoms with van der Waals surface area (Å²) in [5.74, 6) is 1.54. The maximum atomic E-state index is 5.77. The Bertz CT molecular complexity index is 536. The lowest BCUT2D eigenvalue weighted by Crippen LogP contribution is -1.99. The molecule has 0 saturated carbocycles. The first-order valence-electron chi connectivity index (χ1n) is 5.67. The molecule has 0 radical (unpaired) electrons. The molecule has 2 aromatic rings. The highest BCUT2D eigenvalue weighted by Crippen LogP contribution is 2.25. The molecule has 2 rings (SSSR count). The van der Waals surface area contributed by atoms with Crippen LogP contribution in [0.15, 0.2) is 47.1 Å². The third-order valence-electron chi connectivity index (χ3n) is 2.42. The molecule has 0 aliphatic rings. The topological polar surface area (TPSA) is 30.7 Å². The van der Waals surface area contributed by atoms with Gasteiger partial charge in [0.15, 0.2) is 11.0 Å². The van der Waals surface area contributed by atoms with Gasteiger partial charge >= 0.3 is 0 Å². The van der Waals surface area contributed by atoms with Crippen molar-refractivity contribution in [3.05, 3.63) is 41.9 Å². The van der Waals surface area contributed by atoms with E-state index in [1.54, 1.807) is 11.8 Å². The molecule has 0 aliphatic carbocycles. The van der Waals surface area contributed by atoms with Crippen molar-refractivity contribution in [1.82, 2.24) is 14.8 Å². The minimum Gasteiger partial charge on any atom is -0.302 e. The number of benzene rings is 1. The van der Waals surface area contributed by atoms with E-state index >= 15 is 0 Å². The fraction of sp³-hybridized carbons (Fsp3) is 0.231. The number of aromatic nitrogens is 3. The van der Waals surface area contributed by atoms with Crippen LogP contribution in [0.2, 0.25) is 0 Å². The van der Waals surface area contributed by atoms with E-state index in [1.165, 1.54) is 0 Å². The highest BCUT2D eigenvalue weighted by Gasteiger charge is 2.12. The molecular weight excluding hydrogens is 266 g/mol. The predicted molar refractivity (Wildman–Crippen MR) is 76.8 cm³/mol. The molecule has 0 atom stereocenters. The lowest BCUT2D eigenvalue weighted by molar-refractivity contribution is 0.688. The van der Waals surface area contributed by atoms with E-state index in [2.05, 4.69) is 28.3 Å². The highest BCUT2D eigenvalue weighted by atomic mass is 35.5. The Morgan fingerprint density at radius 2 is 2.06 bits per heavy atom. The fourth-order valence-electron chi connectivity index (χ4n) is 1.62. The van der Waals surface area contributed by atoms with Gasteiger partial charge in [0.25, 0.3) is 0 Å². The second-order valence-corrected chi connectivity index (χ2v) is 5.20. The Hall–Kier alpha value is -1.26. The number of rotatable bonds is 5. The minimum atomic E-state index is 0.618. The standard InChI is InChI=1S/C13H14ClN3S/c1-3-17-12(11-7-5-4-6-8-11)15-16-13(17)18-9-10(2)14/h4-8H,2-3,9H2,1H3. The summed E-state index contributed by atoms with van der Waals surface area (Å²) in [7, 11) is 0. The number of thioether (sulfide) groups is 1. The van der Waals surface area contributed by atoms with Crippen molar-refractivity contribution in [2.24, 2.45) is 0 Å². The zero-order valence-corrected chi connectivity index (χ0v) is 11.7. The van der Waals surface area contributed by atoms with E-state index in [0.29, 0.717) is 10.8 Å². The van der Waals surface area contributed by atoms with Gasteiger partial charge in [0, 0.05) is 22.9 Å². The molecule has 0 amide bonds. The summed E-state index contributed by atoms with van der Waals surface area (Å²) in [6, 6.07) is 10.0. The Kier molecular flexibility index (Phi) is 4.44. The Morgan fingerprint density at radius 1 is 1.33 bits per heavy atom. The molecule has 0 saturated heterocycles. The molecule has 0 aliphatic heterocycles. The summed E-state index contributed by atoms with van der Waals surface area (Å²) < 4.78 is 2.08. The number of hydrogen-bond donors (Lipinski definition) is 0. The number of halogens is 1. The molecule has 5 heteroatoms. The molecule has 0 spiro atoms. The van der Waals surface area contributed by atoms with E-state index in [0.717, 1.165) is 23.1 Å². The lowest BCUT2D eigenvalue weighted by Gasteiger charge is -2.06. The second kappa shape index (κ2) is 6.07. The summed E-state index contributed by atoms with van der Waals surface area (Å²) in [4.78, 5) is 0. The van der Waals surface area contributed by atoms with Gasteiger partial charge < -0.3 is 4.57 Å². The molecule has 94 valence electrons. The number of hydrogen-bond acceptors (Lipinski definition) is 3. The van der Waals surface area contributed by atoms with E-state index < -0.39 is 0 Å². The summed E-state index contributed by atoms with van der Waals surface area (Å²) in [6.07, 6.45) is 0. The van der Waals surface area contributed by atoms with Crippen molar-refractivity contribution in [1.29, 1.82) is 0 Å². The first kappa shape index (κ1) is 13.2. The van der Waals surface area contributed by atoms with Crippen molar-refractivity contribution in [3.63, 3.8) is 0 Å². The van der Waals surface area contributed by atoms with Crippen LogP contribution >= 0.6 is 23.4 Å². The molecular formula is C13H14ClN3S. The third-order valence-corrected chi connectivity index (χ3v) is 3.77. The Balaban J connectivity index is 2.30. The van der Waals surface area contributed by atoms with Gasteiger partial charge in [-0.1, -0.05) is 60.3 Å². The van der Waals surface area contributed by atoms with Gasteiger partial charge in [0.2, 0.25) is 0 Å². The fourth-order valence-corrected chi connectivity index (χ4v) is 2.54. The molecule has 18 heavy (non-hydrogen) atoms. The summed E-state index contributed by atoms with van der Waals surface area (Å²) in [6.45, 7) is 6.58. The minimum absolute atomic E-state index is 0.618. The zero-order valence-electron chi connectivity index (χ0n) is 10.1. The Morgan fingerprint density at radius 3 is 2.67 bits per heavy atom.